The van der Waals surface area contributed by atoms with Gasteiger partial charge in [0.25, 0.3) is 0 Å². The van der Waals surface area contributed by atoms with E-state index in [1.807, 2.05) is 0 Å². The molecule has 1 saturated heterocycles. The van der Waals surface area contributed by atoms with Crippen LogP contribution in [0.5, 0.6) is 0 Å². The molecule has 0 aromatic heterocycles. The number of benzene rings is 2. The summed E-state index contributed by atoms with van der Waals surface area (Å²) >= 11 is 0. The van der Waals surface area contributed by atoms with E-state index < -0.39 is 0 Å². The third-order valence-corrected chi connectivity index (χ3v) is 6.24. The summed E-state index contributed by atoms with van der Waals surface area (Å²) in [5.74, 6) is 0.593. The molecular weight excluding hydrogens is 322 g/mol. The maximum Gasteiger partial charge on any atom is 0.0738 e. The standard InChI is InChI=1S/C22H27N3O/c1-14-4-3-5-15(2)21(14)24-17-10-16-13-26-9-8-25-20-6-7-23-12-19(20)18(11-17)22(16)25/h3-5,10-11,19-20,23-24H,6-9,12-13H2,1-2H3/t19-,20-/m0/s1. The number of anilines is 3. The van der Waals surface area contributed by atoms with Gasteiger partial charge in [-0.25, -0.2) is 0 Å². The van der Waals surface area contributed by atoms with Gasteiger partial charge in [-0.15, -0.1) is 0 Å². The Morgan fingerprint density at radius 2 is 2.04 bits per heavy atom. The minimum atomic E-state index is 0.593. The van der Waals surface area contributed by atoms with Crippen molar-refractivity contribution in [3.63, 3.8) is 0 Å². The Bertz CT molecular complexity index is 827. The number of nitrogens with one attached hydrogen (secondary N) is 2. The molecule has 0 spiro atoms. The van der Waals surface area contributed by atoms with Gasteiger partial charge in [-0.2, -0.15) is 0 Å². The van der Waals surface area contributed by atoms with Gasteiger partial charge in [0.05, 0.1) is 13.2 Å². The summed E-state index contributed by atoms with van der Waals surface area (Å²) < 4.78 is 5.93. The van der Waals surface area contributed by atoms with Crippen LogP contribution in [0.4, 0.5) is 17.1 Å². The van der Waals surface area contributed by atoms with Crippen molar-refractivity contribution in [2.24, 2.45) is 0 Å². The van der Waals surface area contributed by atoms with Crippen molar-refractivity contribution in [1.29, 1.82) is 0 Å². The van der Waals surface area contributed by atoms with Crippen molar-refractivity contribution in [1.82, 2.24) is 5.32 Å². The summed E-state index contributed by atoms with van der Waals surface area (Å²) in [4.78, 5) is 2.63. The quantitative estimate of drug-likeness (QED) is 0.864. The fraction of sp³-hybridized carbons (Fsp3) is 0.455. The number of hydrogen-bond donors (Lipinski definition) is 2. The van der Waals surface area contributed by atoms with Gasteiger partial charge in [0, 0.05) is 47.7 Å². The molecule has 4 heteroatoms. The molecule has 26 heavy (non-hydrogen) atoms. The first-order valence-corrected chi connectivity index (χ1v) is 9.77. The van der Waals surface area contributed by atoms with Crippen LogP contribution < -0.4 is 15.5 Å². The van der Waals surface area contributed by atoms with Gasteiger partial charge >= 0.3 is 0 Å². The molecule has 0 aliphatic carbocycles. The Kier molecular flexibility index (Phi) is 3.91. The molecule has 0 radical (unpaired) electrons. The molecule has 0 saturated carbocycles. The predicted octanol–water partition coefficient (Wildman–Crippen LogP) is 3.84. The minimum absolute atomic E-state index is 0.593. The molecule has 1 fully saturated rings. The van der Waals surface area contributed by atoms with Crippen LogP contribution in [0, 0.1) is 13.8 Å². The van der Waals surface area contributed by atoms with Crippen molar-refractivity contribution in [3.8, 4) is 0 Å². The summed E-state index contributed by atoms with van der Waals surface area (Å²) in [6.45, 7) is 9.10. The van der Waals surface area contributed by atoms with Crippen molar-refractivity contribution in [2.45, 2.75) is 38.8 Å². The van der Waals surface area contributed by atoms with E-state index in [-0.39, 0.29) is 0 Å². The largest absolute Gasteiger partial charge is 0.375 e. The molecule has 136 valence electrons. The number of rotatable bonds is 2. The molecule has 0 amide bonds. The molecule has 0 unspecified atom stereocenters. The van der Waals surface area contributed by atoms with Crippen LogP contribution >= 0.6 is 0 Å². The third kappa shape index (κ3) is 2.51. The zero-order valence-electron chi connectivity index (χ0n) is 15.6. The second-order valence-corrected chi connectivity index (χ2v) is 7.88. The van der Waals surface area contributed by atoms with Gasteiger partial charge in [0.1, 0.15) is 0 Å². The smallest absolute Gasteiger partial charge is 0.0738 e. The van der Waals surface area contributed by atoms with Gasteiger partial charge in [0.15, 0.2) is 0 Å². The highest BCUT2D eigenvalue weighted by Crippen LogP contribution is 2.47. The topological polar surface area (TPSA) is 36.5 Å². The maximum atomic E-state index is 5.93. The summed E-state index contributed by atoms with van der Waals surface area (Å²) in [5.41, 5.74) is 9.27. The van der Waals surface area contributed by atoms with Crippen LogP contribution in [0.3, 0.4) is 0 Å². The Morgan fingerprint density at radius 3 is 2.88 bits per heavy atom. The number of hydrogen-bond acceptors (Lipinski definition) is 4. The Labute approximate surface area is 155 Å². The molecule has 2 aromatic carbocycles. The lowest BCUT2D eigenvalue weighted by molar-refractivity contribution is 0.130. The highest BCUT2D eigenvalue weighted by atomic mass is 16.5. The van der Waals surface area contributed by atoms with Crippen molar-refractivity contribution in [2.75, 3.05) is 36.5 Å². The van der Waals surface area contributed by atoms with Crippen LogP contribution in [0.2, 0.25) is 0 Å². The summed E-state index contributed by atoms with van der Waals surface area (Å²) in [7, 11) is 0. The van der Waals surface area contributed by atoms with E-state index in [9.17, 15) is 0 Å². The Balaban J connectivity index is 1.59. The average Bonchev–Trinajstić information content (AvgIpc) is 2.81. The fourth-order valence-corrected chi connectivity index (χ4v) is 5.01. The van der Waals surface area contributed by atoms with Gasteiger partial charge in [0.2, 0.25) is 0 Å². The van der Waals surface area contributed by atoms with Crippen molar-refractivity contribution >= 4 is 17.1 Å². The van der Waals surface area contributed by atoms with Crippen LogP contribution in [0.1, 0.15) is 34.6 Å². The van der Waals surface area contributed by atoms with E-state index in [4.69, 9.17) is 4.74 Å². The van der Waals surface area contributed by atoms with Gasteiger partial charge in [-0.05, 0) is 55.6 Å². The monoisotopic (exact) mass is 349 g/mol. The van der Waals surface area contributed by atoms with Crippen LogP contribution in [-0.2, 0) is 11.3 Å². The molecule has 3 aliphatic rings. The second-order valence-electron chi connectivity index (χ2n) is 7.88. The lowest BCUT2D eigenvalue weighted by atomic mass is 9.89. The zero-order valence-corrected chi connectivity index (χ0v) is 15.6. The highest BCUT2D eigenvalue weighted by molar-refractivity contribution is 5.75. The first-order chi connectivity index (χ1) is 12.7. The SMILES string of the molecule is Cc1cccc(C)c1Nc1cc2c3c(c1)[C@@H]1CNCC[C@@H]1N3CCOC2. The normalized spacial score (nSPS) is 24.0. The van der Waals surface area contributed by atoms with E-state index in [0.29, 0.717) is 18.6 Å². The lowest BCUT2D eigenvalue weighted by Crippen LogP contribution is -2.44. The highest BCUT2D eigenvalue weighted by Gasteiger charge is 2.41. The average molecular weight is 349 g/mol. The molecule has 2 atom stereocenters. The number of piperidine rings is 1. The van der Waals surface area contributed by atoms with Gasteiger partial charge in [-0.3, -0.25) is 0 Å². The fourth-order valence-electron chi connectivity index (χ4n) is 5.01. The van der Waals surface area contributed by atoms with Crippen LogP contribution in [0.15, 0.2) is 30.3 Å². The zero-order chi connectivity index (χ0) is 17.7. The number of para-hydroxylation sites is 1. The molecule has 2 N–H and O–H groups in total. The maximum absolute atomic E-state index is 5.93. The summed E-state index contributed by atoms with van der Waals surface area (Å²) in [5, 5.41) is 7.31. The van der Waals surface area contributed by atoms with E-state index in [0.717, 1.165) is 26.2 Å². The first-order valence-electron chi connectivity index (χ1n) is 9.77. The summed E-state index contributed by atoms with van der Waals surface area (Å²) in [6.07, 6.45) is 1.22. The molecular formula is C22H27N3O. The molecule has 4 nitrogen and oxygen atoms in total. The van der Waals surface area contributed by atoms with E-state index >= 15 is 0 Å². The predicted molar refractivity (Wildman–Crippen MR) is 107 cm³/mol. The second kappa shape index (κ2) is 6.29. The third-order valence-electron chi connectivity index (χ3n) is 6.24. The van der Waals surface area contributed by atoms with E-state index in [2.05, 4.69) is 59.7 Å². The number of fused-ring (bicyclic) bond motifs is 3. The Hall–Kier alpha value is -2.04. The first kappa shape index (κ1) is 16.2. The van der Waals surface area contributed by atoms with Crippen LogP contribution in [0.25, 0.3) is 0 Å². The molecule has 3 aliphatic heterocycles. The van der Waals surface area contributed by atoms with Crippen molar-refractivity contribution < 1.29 is 4.74 Å². The van der Waals surface area contributed by atoms with Gasteiger partial charge in [-0.1, -0.05) is 18.2 Å². The molecule has 0 bridgehead atoms. The lowest BCUT2D eigenvalue weighted by Gasteiger charge is -2.33. The molecule has 2 aromatic rings. The minimum Gasteiger partial charge on any atom is -0.375 e. The summed E-state index contributed by atoms with van der Waals surface area (Å²) in [6, 6.07) is 11.8. The Morgan fingerprint density at radius 1 is 1.19 bits per heavy atom. The number of nitrogens with zero attached hydrogens (tertiary/aromatic N) is 1. The van der Waals surface area contributed by atoms with Crippen LogP contribution in [-0.4, -0.2) is 32.3 Å². The number of ether oxygens (including phenoxy) is 1. The van der Waals surface area contributed by atoms with Gasteiger partial charge < -0.3 is 20.3 Å². The number of aryl methyl sites for hydroxylation is 2. The molecule has 5 rings (SSSR count). The van der Waals surface area contributed by atoms with E-state index in [1.54, 1.807) is 0 Å². The van der Waals surface area contributed by atoms with Crippen molar-refractivity contribution in [3.05, 3.63) is 52.6 Å². The van der Waals surface area contributed by atoms with E-state index in [1.165, 1.54) is 45.7 Å². The molecule has 3 heterocycles.